The lowest BCUT2D eigenvalue weighted by atomic mass is 10.1. The van der Waals surface area contributed by atoms with E-state index in [0.717, 1.165) is 16.5 Å². The molecule has 0 atom stereocenters. The van der Waals surface area contributed by atoms with Crippen molar-refractivity contribution in [3.63, 3.8) is 0 Å². The van der Waals surface area contributed by atoms with E-state index in [1.807, 2.05) is 32.0 Å². The Labute approximate surface area is 171 Å². The van der Waals surface area contributed by atoms with E-state index < -0.39 is 11.5 Å². The summed E-state index contributed by atoms with van der Waals surface area (Å²) in [6.45, 7) is 3.92. The summed E-state index contributed by atoms with van der Waals surface area (Å²) in [6, 6.07) is 13.8. The summed E-state index contributed by atoms with van der Waals surface area (Å²) in [4.78, 5) is 23.7. The van der Waals surface area contributed by atoms with E-state index in [4.69, 9.17) is 9.15 Å². The minimum atomic E-state index is -0.617. The summed E-state index contributed by atoms with van der Waals surface area (Å²) >= 11 is 0. The van der Waals surface area contributed by atoms with Crippen molar-refractivity contribution in [2.45, 2.75) is 20.4 Å². The fourth-order valence-corrected chi connectivity index (χ4v) is 3.37. The van der Waals surface area contributed by atoms with Gasteiger partial charge < -0.3 is 18.8 Å². The van der Waals surface area contributed by atoms with Crippen molar-refractivity contribution >= 4 is 33.5 Å². The molecule has 8 nitrogen and oxygen atoms in total. The second-order valence-electron chi connectivity index (χ2n) is 6.72. The lowest BCUT2D eigenvalue weighted by molar-refractivity contribution is -0.120. The van der Waals surface area contributed by atoms with Crippen LogP contribution in [0.4, 0.5) is 5.69 Å². The van der Waals surface area contributed by atoms with Crippen LogP contribution in [0.25, 0.3) is 21.9 Å². The largest absolute Gasteiger partial charge is 0.493 e. The van der Waals surface area contributed by atoms with Crippen LogP contribution in [0.5, 0.6) is 11.6 Å². The molecule has 0 unspecified atom stereocenters. The Kier molecular flexibility index (Phi) is 5.05. The van der Waals surface area contributed by atoms with Gasteiger partial charge in [-0.3, -0.25) is 4.79 Å². The minimum Gasteiger partial charge on any atom is -0.493 e. The first kappa shape index (κ1) is 19.4. The molecule has 0 aliphatic carbocycles. The number of hydrogen-bond acceptors (Lipinski definition) is 6. The Morgan fingerprint density at radius 3 is 2.77 bits per heavy atom. The van der Waals surface area contributed by atoms with Gasteiger partial charge in [-0.25, -0.2) is 4.79 Å². The summed E-state index contributed by atoms with van der Waals surface area (Å²) in [7, 11) is 0. The molecule has 0 fully saturated rings. The van der Waals surface area contributed by atoms with Gasteiger partial charge in [0.2, 0.25) is 5.88 Å². The van der Waals surface area contributed by atoms with E-state index in [0.29, 0.717) is 23.3 Å². The number of amides is 1. The number of aryl methyl sites for hydroxylation is 2. The first-order chi connectivity index (χ1) is 14.5. The molecule has 2 aromatic heterocycles. The number of para-hydroxylation sites is 1. The van der Waals surface area contributed by atoms with Gasteiger partial charge in [0.25, 0.3) is 0 Å². The van der Waals surface area contributed by atoms with Gasteiger partial charge in [-0.15, -0.1) is 10.2 Å². The number of ether oxygens (including phenoxy) is 1. The van der Waals surface area contributed by atoms with Crippen molar-refractivity contribution in [1.82, 2.24) is 4.57 Å². The molecule has 0 aliphatic rings. The van der Waals surface area contributed by atoms with Crippen molar-refractivity contribution in [3.05, 3.63) is 64.5 Å². The van der Waals surface area contributed by atoms with Gasteiger partial charge in [-0.1, -0.05) is 18.2 Å². The molecule has 1 amide bonds. The van der Waals surface area contributed by atoms with E-state index in [9.17, 15) is 14.7 Å². The molecular formula is C22H19N3O5. The Morgan fingerprint density at radius 2 is 1.97 bits per heavy atom. The van der Waals surface area contributed by atoms with Crippen molar-refractivity contribution in [2.24, 2.45) is 10.2 Å². The van der Waals surface area contributed by atoms with E-state index in [1.165, 1.54) is 6.07 Å². The van der Waals surface area contributed by atoms with Crippen LogP contribution >= 0.6 is 0 Å². The molecule has 30 heavy (non-hydrogen) atoms. The van der Waals surface area contributed by atoms with Gasteiger partial charge in [0, 0.05) is 29.4 Å². The number of azo groups is 1. The first-order valence-corrected chi connectivity index (χ1v) is 9.40. The number of carbonyl (C=O) groups is 1. The zero-order chi connectivity index (χ0) is 21.3. The lowest BCUT2D eigenvalue weighted by Crippen LogP contribution is -2.08. The molecule has 0 bridgehead atoms. The highest BCUT2D eigenvalue weighted by atomic mass is 16.5. The molecule has 0 saturated heterocycles. The fraction of sp³-hybridized carbons (Fsp3) is 0.182. The first-order valence-electron chi connectivity index (χ1n) is 9.40. The van der Waals surface area contributed by atoms with Crippen LogP contribution in [0.1, 0.15) is 12.5 Å². The fourth-order valence-electron chi connectivity index (χ4n) is 3.37. The smallest absolute Gasteiger partial charge is 0.336 e. The molecular weight excluding hydrogens is 386 g/mol. The molecule has 2 heterocycles. The zero-order valence-corrected chi connectivity index (χ0v) is 16.5. The van der Waals surface area contributed by atoms with Crippen molar-refractivity contribution in [1.29, 1.82) is 0 Å². The Balaban J connectivity index is 1.51. The van der Waals surface area contributed by atoms with Gasteiger partial charge in [0.15, 0.2) is 12.3 Å². The number of benzene rings is 2. The normalized spacial score (nSPS) is 11.5. The quantitative estimate of drug-likeness (QED) is 0.389. The monoisotopic (exact) mass is 405 g/mol. The van der Waals surface area contributed by atoms with Gasteiger partial charge in [0.05, 0.1) is 5.52 Å². The molecule has 8 heteroatoms. The third kappa shape index (κ3) is 3.55. The van der Waals surface area contributed by atoms with Crippen molar-refractivity contribution in [2.75, 3.05) is 6.61 Å². The summed E-state index contributed by atoms with van der Waals surface area (Å²) in [6.07, 6.45) is 0. The molecule has 0 radical (unpaired) electrons. The third-order valence-electron chi connectivity index (χ3n) is 4.78. The van der Waals surface area contributed by atoms with Gasteiger partial charge in [-0.05, 0) is 37.6 Å². The number of nitrogens with zero attached hydrogens (tertiary/aromatic N) is 3. The summed E-state index contributed by atoms with van der Waals surface area (Å²) in [5.74, 6) is -0.296. The average Bonchev–Trinajstić information content (AvgIpc) is 3.00. The maximum absolute atomic E-state index is 12.1. The molecule has 4 aromatic rings. The molecule has 0 spiro atoms. The highest BCUT2D eigenvalue weighted by Gasteiger charge is 2.15. The lowest BCUT2D eigenvalue weighted by Gasteiger charge is -2.05. The van der Waals surface area contributed by atoms with Gasteiger partial charge in [-0.2, -0.15) is 0 Å². The average molecular weight is 405 g/mol. The maximum Gasteiger partial charge on any atom is 0.336 e. The van der Waals surface area contributed by atoms with Crippen LogP contribution < -0.4 is 10.4 Å². The summed E-state index contributed by atoms with van der Waals surface area (Å²) < 4.78 is 12.3. The van der Waals surface area contributed by atoms with E-state index in [2.05, 4.69) is 10.2 Å². The highest BCUT2D eigenvalue weighted by molar-refractivity contribution is 5.95. The van der Waals surface area contributed by atoms with Gasteiger partial charge in [0.1, 0.15) is 11.3 Å². The number of aromatic nitrogens is 1. The minimum absolute atomic E-state index is 0.0453. The molecule has 0 saturated carbocycles. The number of aromatic hydroxyl groups is 1. The van der Waals surface area contributed by atoms with E-state index >= 15 is 0 Å². The SMILES string of the molecule is CCn1c(O)c(N=NC(=O)COc2ccc3c(C)cc(=O)oc3c2)c2ccccc21. The van der Waals surface area contributed by atoms with Crippen LogP contribution in [0, 0.1) is 6.92 Å². The zero-order valence-electron chi connectivity index (χ0n) is 16.5. The second-order valence-corrected chi connectivity index (χ2v) is 6.72. The van der Waals surface area contributed by atoms with Crippen LogP contribution in [0.15, 0.2) is 68.0 Å². The highest BCUT2D eigenvalue weighted by Crippen LogP contribution is 2.38. The number of hydrogen-bond donors (Lipinski definition) is 1. The van der Waals surface area contributed by atoms with Crippen LogP contribution in [0.2, 0.25) is 0 Å². The predicted molar refractivity (Wildman–Crippen MR) is 112 cm³/mol. The Bertz CT molecular complexity index is 1350. The third-order valence-corrected chi connectivity index (χ3v) is 4.78. The molecule has 152 valence electrons. The van der Waals surface area contributed by atoms with Crippen molar-refractivity contribution < 1.29 is 19.1 Å². The number of rotatable bonds is 5. The van der Waals surface area contributed by atoms with E-state index in [-0.39, 0.29) is 18.2 Å². The number of fused-ring (bicyclic) bond motifs is 2. The standard InChI is InChI=1S/C22H19N3O5/c1-3-25-17-7-5-4-6-16(17)21(22(25)28)24-23-19(26)12-29-14-8-9-15-13(2)10-20(27)30-18(15)11-14/h4-11,28H,3,12H2,1-2H3. The Hall–Kier alpha value is -3.94. The Morgan fingerprint density at radius 1 is 1.17 bits per heavy atom. The van der Waals surface area contributed by atoms with Crippen LogP contribution in [-0.2, 0) is 11.3 Å². The number of carbonyl (C=O) groups excluding carboxylic acids is 1. The summed E-state index contributed by atoms with van der Waals surface area (Å²) in [5.41, 5.74) is 1.77. The van der Waals surface area contributed by atoms with E-state index in [1.54, 1.807) is 28.8 Å². The summed E-state index contributed by atoms with van der Waals surface area (Å²) in [5, 5.41) is 19.5. The predicted octanol–water partition coefficient (Wildman–Crippen LogP) is 4.47. The van der Waals surface area contributed by atoms with Crippen LogP contribution in [0.3, 0.4) is 0 Å². The molecule has 1 N–H and O–H groups in total. The van der Waals surface area contributed by atoms with Crippen LogP contribution in [-0.4, -0.2) is 22.2 Å². The van der Waals surface area contributed by atoms with Crippen molar-refractivity contribution in [3.8, 4) is 11.6 Å². The maximum atomic E-state index is 12.1. The molecule has 4 rings (SSSR count). The molecule has 2 aromatic carbocycles. The van der Waals surface area contributed by atoms with Gasteiger partial charge >= 0.3 is 11.5 Å². The topological polar surface area (TPSA) is 106 Å². The molecule has 0 aliphatic heterocycles. The second kappa shape index (κ2) is 7.82.